The van der Waals surface area contributed by atoms with E-state index in [4.69, 9.17) is 0 Å². The summed E-state index contributed by atoms with van der Waals surface area (Å²) in [7, 11) is 0. The van der Waals surface area contributed by atoms with Crippen LogP contribution in [-0.4, -0.2) is 21.9 Å². The van der Waals surface area contributed by atoms with Crippen molar-refractivity contribution in [3.8, 4) is 0 Å². The van der Waals surface area contributed by atoms with Gasteiger partial charge in [-0.3, -0.25) is 9.59 Å². The fourth-order valence-corrected chi connectivity index (χ4v) is 3.08. The third kappa shape index (κ3) is 2.22. The molecule has 1 amide bonds. The highest BCUT2D eigenvalue weighted by atomic mass is 16.4. The second-order valence-electron chi connectivity index (χ2n) is 5.46. The van der Waals surface area contributed by atoms with Crippen molar-refractivity contribution in [3.63, 3.8) is 0 Å². The van der Waals surface area contributed by atoms with Gasteiger partial charge in [0.15, 0.2) is 0 Å². The zero-order valence-corrected chi connectivity index (χ0v) is 11.2. The molecule has 4 nitrogen and oxygen atoms in total. The van der Waals surface area contributed by atoms with Gasteiger partial charge in [-0.05, 0) is 24.0 Å². The number of aliphatic carboxylic acids is 1. The number of carboxylic acids is 1. The van der Waals surface area contributed by atoms with Crippen molar-refractivity contribution in [3.05, 3.63) is 47.5 Å². The van der Waals surface area contributed by atoms with Crippen molar-refractivity contribution < 1.29 is 14.7 Å². The van der Waals surface area contributed by atoms with Crippen LogP contribution >= 0.6 is 0 Å². The van der Waals surface area contributed by atoms with Crippen molar-refractivity contribution in [1.29, 1.82) is 0 Å². The predicted molar refractivity (Wildman–Crippen MR) is 73.7 cm³/mol. The minimum Gasteiger partial charge on any atom is -0.481 e. The van der Waals surface area contributed by atoms with Gasteiger partial charge in [-0.25, -0.2) is 0 Å². The lowest BCUT2D eigenvalue weighted by Crippen LogP contribution is -2.39. The van der Waals surface area contributed by atoms with E-state index in [0.717, 1.165) is 0 Å². The van der Waals surface area contributed by atoms with Crippen LogP contribution in [0, 0.1) is 11.8 Å². The van der Waals surface area contributed by atoms with Gasteiger partial charge in [0, 0.05) is 13.1 Å². The number of rotatable bonds is 2. The third-order valence-corrected chi connectivity index (χ3v) is 4.22. The highest BCUT2D eigenvalue weighted by Gasteiger charge is 2.37. The summed E-state index contributed by atoms with van der Waals surface area (Å²) in [5.74, 6) is -1.91. The van der Waals surface area contributed by atoms with Crippen LogP contribution in [0.15, 0.2) is 36.4 Å². The van der Waals surface area contributed by atoms with Crippen LogP contribution in [-0.2, 0) is 22.7 Å². The number of benzene rings is 1. The van der Waals surface area contributed by atoms with Crippen LogP contribution in [0.25, 0.3) is 0 Å². The molecule has 0 radical (unpaired) electrons. The summed E-state index contributed by atoms with van der Waals surface area (Å²) in [4.78, 5) is 25.7. The molecule has 0 bridgehead atoms. The number of fused-ring (bicyclic) bond motifs is 1. The van der Waals surface area contributed by atoms with Crippen molar-refractivity contribution in [1.82, 2.24) is 4.90 Å². The number of carbonyl (C=O) groups is 2. The van der Waals surface area contributed by atoms with Crippen LogP contribution in [0.3, 0.4) is 0 Å². The van der Waals surface area contributed by atoms with Gasteiger partial charge in [-0.1, -0.05) is 36.4 Å². The van der Waals surface area contributed by atoms with Crippen LogP contribution in [0.5, 0.6) is 0 Å². The van der Waals surface area contributed by atoms with Crippen molar-refractivity contribution in [2.45, 2.75) is 25.9 Å². The fraction of sp³-hybridized carbons (Fsp3) is 0.375. The number of hydrogen-bond donors (Lipinski definition) is 1. The van der Waals surface area contributed by atoms with Gasteiger partial charge in [0.1, 0.15) is 0 Å². The molecule has 0 saturated heterocycles. The van der Waals surface area contributed by atoms with Crippen LogP contribution < -0.4 is 0 Å². The Kier molecular flexibility index (Phi) is 3.30. The summed E-state index contributed by atoms with van der Waals surface area (Å²) in [5, 5.41) is 9.27. The maximum absolute atomic E-state index is 12.6. The van der Waals surface area contributed by atoms with E-state index >= 15 is 0 Å². The number of carboxylic acid groups (broad SMARTS) is 1. The Hall–Kier alpha value is -2.10. The standard InChI is InChI=1S/C16H17NO3/c18-15(13-7-3-4-8-14(13)16(19)20)17-9-11-5-1-2-6-12(11)10-17/h1-6,13-14H,7-10H2,(H,19,20). The molecule has 1 aliphatic heterocycles. The maximum Gasteiger partial charge on any atom is 0.307 e. The average Bonchev–Trinajstić information content (AvgIpc) is 2.90. The maximum atomic E-state index is 12.6. The molecule has 2 aliphatic rings. The van der Waals surface area contributed by atoms with Crippen molar-refractivity contribution in [2.24, 2.45) is 11.8 Å². The van der Waals surface area contributed by atoms with Gasteiger partial charge in [-0.15, -0.1) is 0 Å². The molecule has 2 atom stereocenters. The monoisotopic (exact) mass is 271 g/mol. The first kappa shape index (κ1) is 12.9. The molecule has 1 aliphatic carbocycles. The van der Waals surface area contributed by atoms with Gasteiger partial charge >= 0.3 is 5.97 Å². The van der Waals surface area contributed by atoms with Gasteiger partial charge in [0.25, 0.3) is 0 Å². The minimum absolute atomic E-state index is 0.0297. The summed E-state index contributed by atoms with van der Waals surface area (Å²) >= 11 is 0. The Labute approximate surface area is 117 Å². The average molecular weight is 271 g/mol. The molecule has 3 rings (SSSR count). The largest absolute Gasteiger partial charge is 0.481 e. The van der Waals surface area contributed by atoms with Gasteiger partial charge in [0.2, 0.25) is 5.91 Å². The second-order valence-corrected chi connectivity index (χ2v) is 5.46. The number of amides is 1. The number of allylic oxidation sites excluding steroid dienone is 2. The summed E-state index contributed by atoms with van der Waals surface area (Å²) < 4.78 is 0. The lowest BCUT2D eigenvalue weighted by molar-refractivity contribution is -0.150. The van der Waals surface area contributed by atoms with Crippen LogP contribution in [0.4, 0.5) is 0 Å². The molecular formula is C16H17NO3. The van der Waals surface area contributed by atoms with Gasteiger partial charge < -0.3 is 10.0 Å². The molecule has 1 heterocycles. The van der Waals surface area contributed by atoms with E-state index in [2.05, 4.69) is 0 Å². The van der Waals surface area contributed by atoms with E-state index in [0.29, 0.717) is 25.9 Å². The molecule has 1 aromatic carbocycles. The molecule has 2 unspecified atom stereocenters. The zero-order chi connectivity index (χ0) is 14.1. The van der Waals surface area contributed by atoms with E-state index in [9.17, 15) is 14.7 Å². The Morgan fingerprint density at radius 2 is 1.55 bits per heavy atom. The first-order valence-corrected chi connectivity index (χ1v) is 6.90. The molecule has 1 aromatic rings. The quantitative estimate of drug-likeness (QED) is 0.839. The van der Waals surface area contributed by atoms with Gasteiger partial charge in [-0.2, -0.15) is 0 Å². The Morgan fingerprint density at radius 3 is 2.10 bits per heavy atom. The lowest BCUT2D eigenvalue weighted by atomic mass is 9.82. The second kappa shape index (κ2) is 5.12. The van der Waals surface area contributed by atoms with Gasteiger partial charge in [0.05, 0.1) is 11.8 Å². The molecule has 0 spiro atoms. The summed E-state index contributed by atoms with van der Waals surface area (Å²) in [6.07, 6.45) is 4.77. The normalized spacial score (nSPS) is 24.5. The topological polar surface area (TPSA) is 57.6 Å². The molecule has 1 N–H and O–H groups in total. The summed E-state index contributed by atoms with van der Waals surface area (Å²) in [6.45, 7) is 1.20. The minimum atomic E-state index is -0.871. The van der Waals surface area contributed by atoms with E-state index < -0.39 is 17.8 Å². The molecule has 0 saturated carbocycles. The fourth-order valence-electron chi connectivity index (χ4n) is 3.08. The van der Waals surface area contributed by atoms with Crippen LogP contribution in [0.2, 0.25) is 0 Å². The van der Waals surface area contributed by atoms with E-state index in [1.165, 1.54) is 11.1 Å². The van der Waals surface area contributed by atoms with E-state index in [-0.39, 0.29) is 5.91 Å². The Balaban J connectivity index is 1.77. The summed E-state index contributed by atoms with van der Waals surface area (Å²) in [6, 6.07) is 7.99. The Morgan fingerprint density at radius 1 is 1.00 bits per heavy atom. The number of hydrogen-bond acceptors (Lipinski definition) is 2. The van der Waals surface area contributed by atoms with Crippen molar-refractivity contribution >= 4 is 11.9 Å². The summed E-state index contributed by atoms with van der Waals surface area (Å²) in [5.41, 5.74) is 2.33. The SMILES string of the molecule is O=C(O)C1CC=CCC1C(=O)N1Cc2ccccc2C1. The Bertz CT molecular complexity index is 554. The zero-order valence-electron chi connectivity index (χ0n) is 11.2. The molecule has 20 heavy (non-hydrogen) atoms. The highest BCUT2D eigenvalue weighted by molar-refractivity contribution is 5.85. The predicted octanol–water partition coefficient (Wildman–Crippen LogP) is 2.20. The number of nitrogens with zero attached hydrogens (tertiary/aromatic N) is 1. The van der Waals surface area contributed by atoms with E-state index in [1.54, 1.807) is 4.90 Å². The third-order valence-electron chi connectivity index (χ3n) is 4.22. The van der Waals surface area contributed by atoms with Crippen LogP contribution in [0.1, 0.15) is 24.0 Å². The smallest absolute Gasteiger partial charge is 0.307 e. The lowest BCUT2D eigenvalue weighted by Gasteiger charge is -2.28. The molecular weight excluding hydrogens is 254 g/mol. The van der Waals surface area contributed by atoms with E-state index in [1.807, 2.05) is 36.4 Å². The highest BCUT2D eigenvalue weighted by Crippen LogP contribution is 2.31. The molecule has 4 heteroatoms. The molecule has 104 valence electrons. The number of carbonyl (C=O) groups excluding carboxylic acids is 1. The molecule has 0 aromatic heterocycles. The first-order valence-electron chi connectivity index (χ1n) is 6.90. The molecule has 0 fully saturated rings. The first-order chi connectivity index (χ1) is 9.66. The van der Waals surface area contributed by atoms with Crippen molar-refractivity contribution in [2.75, 3.05) is 0 Å².